The third-order valence-corrected chi connectivity index (χ3v) is 4.50. The number of nitrogens with zero attached hydrogens (tertiary/aromatic N) is 1. The van der Waals surface area contributed by atoms with Crippen molar-refractivity contribution in [2.75, 3.05) is 6.54 Å². The Morgan fingerprint density at radius 2 is 1.94 bits per heavy atom. The van der Waals surface area contributed by atoms with Gasteiger partial charge in [0.1, 0.15) is 0 Å². The molecule has 1 unspecified atom stereocenters. The molecule has 1 aromatic rings. The van der Waals surface area contributed by atoms with Gasteiger partial charge in [-0.15, -0.1) is 0 Å². The lowest BCUT2D eigenvalue weighted by Crippen LogP contribution is -2.44. The van der Waals surface area contributed by atoms with Crippen molar-refractivity contribution in [3.63, 3.8) is 0 Å². The van der Waals surface area contributed by atoms with Gasteiger partial charge in [0.05, 0.1) is 0 Å². The maximum Gasteiger partial charge on any atom is 0.0240 e. The van der Waals surface area contributed by atoms with Gasteiger partial charge in [0.25, 0.3) is 0 Å². The van der Waals surface area contributed by atoms with Gasteiger partial charge in [-0.1, -0.05) is 42.8 Å². The zero-order chi connectivity index (χ0) is 12.6. The fraction of sp³-hybridized carbons (Fsp3) is 0.600. The summed E-state index contributed by atoms with van der Waals surface area (Å²) in [6.07, 6.45) is 1.18. The van der Waals surface area contributed by atoms with E-state index >= 15 is 0 Å². The highest BCUT2D eigenvalue weighted by atomic mass is 79.9. The van der Waals surface area contributed by atoms with Crippen molar-refractivity contribution in [3.8, 4) is 0 Å². The molecule has 0 bridgehead atoms. The van der Waals surface area contributed by atoms with Crippen molar-refractivity contribution in [2.45, 2.75) is 46.7 Å². The zero-order valence-corrected chi connectivity index (χ0v) is 12.8. The van der Waals surface area contributed by atoms with E-state index in [2.05, 4.69) is 66.7 Å². The molecule has 2 heteroatoms. The Balaban J connectivity index is 2.18. The normalized spacial score (nSPS) is 18.9. The largest absolute Gasteiger partial charge is 0.296 e. The smallest absolute Gasteiger partial charge is 0.0240 e. The molecule has 0 spiro atoms. The molecule has 0 radical (unpaired) electrons. The predicted octanol–water partition coefficient (Wildman–Crippen LogP) is 4.24. The first-order valence-corrected chi connectivity index (χ1v) is 7.18. The van der Waals surface area contributed by atoms with Crippen LogP contribution in [0.15, 0.2) is 22.7 Å². The Bertz CT molecular complexity index is 406. The Morgan fingerprint density at radius 1 is 1.24 bits per heavy atom. The third-order valence-electron chi connectivity index (χ3n) is 4.01. The summed E-state index contributed by atoms with van der Waals surface area (Å²) in [6, 6.07) is 7.31. The molecule has 94 valence electrons. The van der Waals surface area contributed by atoms with Crippen LogP contribution in [0.3, 0.4) is 0 Å². The van der Waals surface area contributed by atoms with E-state index in [1.807, 2.05) is 0 Å². The monoisotopic (exact) mass is 295 g/mol. The lowest BCUT2D eigenvalue weighted by atomic mass is 9.85. The second-order valence-electron chi connectivity index (χ2n) is 6.18. The van der Waals surface area contributed by atoms with Crippen LogP contribution in [0.2, 0.25) is 0 Å². The lowest BCUT2D eigenvalue weighted by Gasteiger charge is -2.40. The fourth-order valence-electron chi connectivity index (χ4n) is 2.43. The van der Waals surface area contributed by atoms with Gasteiger partial charge in [0.15, 0.2) is 0 Å². The van der Waals surface area contributed by atoms with Crippen molar-refractivity contribution in [3.05, 3.63) is 33.8 Å². The minimum Gasteiger partial charge on any atom is -0.296 e. The molecule has 1 atom stereocenters. The van der Waals surface area contributed by atoms with Crippen LogP contribution < -0.4 is 0 Å². The number of hydrogen-bond donors (Lipinski definition) is 0. The molecule has 0 N–H and O–H groups in total. The molecule has 0 amide bonds. The summed E-state index contributed by atoms with van der Waals surface area (Å²) >= 11 is 3.57. The zero-order valence-electron chi connectivity index (χ0n) is 11.3. The van der Waals surface area contributed by atoms with Crippen LogP contribution in [0.4, 0.5) is 0 Å². The number of rotatable bonds is 1. The molecule has 1 aromatic carbocycles. The second-order valence-corrected chi connectivity index (χ2v) is 7.09. The Kier molecular flexibility index (Phi) is 3.65. The number of benzene rings is 1. The highest BCUT2D eigenvalue weighted by Crippen LogP contribution is 2.29. The van der Waals surface area contributed by atoms with Crippen LogP contribution in [0.25, 0.3) is 0 Å². The highest BCUT2D eigenvalue weighted by Gasteiger charge is 2.28. The standard InChI is InChI=1S/C15H22BrN/c1-11(15(2,3)4)17-8-7-12-5-6-14(16)9-13(12)10-17/h5-6,9,11H,7-8,10H2,1-4H3. The van der Waals surface area contributed by atoms with Gasteiger partial charge in [-0.3, -0.25) is 4.90 Å². The van der Waals surface area contributed by atoms with E-state index in [0.717, 1.165) is 6.54 Å². The van der Waals surface area contributed by atoms with E-state index in [4.69, 9.17) is 0 Å². The molecule has 17 heavy (non-hydrogen) atoms. The quantitative estimate of drug-likeness (QED) is 0.749. The molecule has 1 aliphatic rings. The van der Waals surface area contributed by atoms with E-state index in [1.165, 1.54) is 28.6 Å². The average molecular weight is 296 g/mol. The van der Waals surface area contributed by atoms with E-state index in [1.54, 1.807) is 0 Å². The summed E-state index contributed by atoms with van der Waals surface area (Å²) in [6.45, 7) is 11.6. The van der Waals surface area contributed by atoms with Crippen LogP contribution in [0, 0.1) is 5.41 Å². The van der Waals surface area contributed by atoms with Crippen LogP contribution >= 0.6 is 15.9 Å². The number of fused-ring (bicyclic) bond motifs is 1. The van der Waals surface area contributed by atoms with Crippen molar-refractivity contribution in [1.82, 2.24) is 4.90 Å². The molecule has 0 aromatic heterocycles. The van der Waals surface area contributed by atoms with Crippen LogP contribution in [-0.2, 0) is 13.0 Å². The molecule has 1 heterocycles. The molecule has 1 nitrogen and oxygen atoms in total. The summed E-state index contributed by atoms with van der Waals surface area (Å²) in [5, 5.41) is 0. The topological polar surface area (TPSA) is 3.24 Å². The Morgan fingerprint density at radius 3 is 2.59 bits per heavy atom. The first-order valence-electron chi connectivity index (χ1n) is 6.39. The Hall–Kier alpha value is -0.340. The molecule has 0 fully saturated rings. The summed E-state index contributed by atoms with van der Waals surface area (Å²) in [7, 11) is 0. The summed E-state index contributed by atoms with van der Waals surface area (Å²) in [4.78, 5) is 2.61. The lowest BCUT2D eigenvalue weighted by molar-refractivity contribution is 0.100. The van der Waals surface area contributed by atoms with E-state index in [-0.39, 0.29) is 0 Å². The van der Waals surface area contributed by atoms with E-state index in [0.29, 0.717) is 11.5 Å². The molecule has 0 aliphatic carbocycles. The number of hydrogen-bond acceptors (Lipinski definition) is 1. The van der Waals surface area contributed by atoms with Gasteiger partial charge < -0.3 is 0 Å². The van der Waals surface area contributed by atoms with Gasteiger partial charge in [-0.2, -0.15) is 0 Å². The maximum absolute atomic E-state index is 3.57. The highest BCUT2D eigenvalue weighted by molar-refractivity contribution is 9.10. The van der Waals surface area contributed by atoms with Gasteiger partial charge in [-0.05, 0) is 42.0 Å². The number of halogens is 1. The first kappa shape index (κ1) is 13.1. The van der Waals surface area contributed by atoms with Gasteiger partial charge >= 0.3 is 0 Å². The van der Waals surface area contributed by atoms with Crippen LogP contribution in [-0.4, -0.2) is 17.5 Å². The fourth-order valence-corrected chi connectivity index (χ4v) is 2.83. The summed E-state index contributed by atoms with van der Waals surface area (Å²) in [5.74, 6) is 0. The molecular weight excluding hydrogens is 274 g/mol. The second kappa shape index (κ2) is 4.74. The van der Waals surface area contributed by atoms with Crippen molar-refractivity contribution >= 4 is 15.9 Å². The molecular formula is C15H22BrN. The third kappa shape index (κ3) is 2.92. The van der Waals surface area contributed by atoms with Crippen molar-refractivity contribution in [2.24, 2.45) is 5.41 Å². The van der Waals surface area contributed by atoms with E-state index in [9.17, 15) is 0 Å². The maximum atomic E-state index is 3.57. The summed E-state index contributed by atoms with van der Waals surface area (Å²) < 4.78 is 1.20. The van der Waals surface area contributed by atoms with Gasteiger partial charge in [0, 0.05) is 23.6 Å². The van der Waals surface area contributed by atoms with E-state index < -0.39 is 0 Å². The Labute approximate surface area is 113 Å². The minimum absolute atomic E-state index is 0.351. The summed E-state index contributed by atoms with van der Waals surface area (Å²) in [5.41, 5.74) is 3.36. The molecule has 1 aliphatic heterocycles. The van der Waals surface area contributed by atoms with Gasteiger partial charge in [-0.25, -0.2) is 0 Å². The van der Waals surface area contributed by atoms with Crippen LogP contribution in [0.5, 0.6) is 0 Å². The first-order chi connectivity index (χ1) is 7.88. The van der Waals surface area contributed by atoms with Crippen molar-refractivity contribution < 1.29 is 0 Å². The van der Waals surface area contributed by atoms with Crippen LogP contribution in [0.1, 0.15) is 38.8 Å². The SMILES string of the molecule is CC(N1CCc2ccc(Br)cc2C1)C(C)(C)C. The predicted molar refractivity (Wildman–Crippen MR) is 77.2 cm³/mol. The molecule has 2 rings (SSSR count). The van der Waals surface area contributed by atoms with Crippen molar-refractivity contribution in [1.29, 1.82) is 0 Å². The average Bonchev–Trinajstić information content (AvgIpc) is 2.25. The molecule has 0 saturated heterocycles. The molecule has 0 saturated carbocycles. The minimum atomic E-state index is 0.351. The van der Waals surface area contributed by atoms with Gasteiger partial charge in [0.2, 0.25) is 0 Å².